The highest BCUT2D eigenvalue weighted by Gasteiger charge is 2.56. The summed E-state index contributed by atoms with van der Waals surface area (Å²) in [6, 6.07) is 8.48. The molecule has 0 radical (unpaired) electrons. The average Bonchev–Trinajstić information content (AvgIpc) is 2.67. The third-order valence-corrected chi connectivity index (χ3v) is 7.74. The molecule has 4 fully saturated rings. The number of carbonyl (C=O) groups is 1. The summed E-state index contributed by atoms with van der Waals surface area (Å²) in [5.74, 6) is 2.86. The summed E-state index contributed by atoms with van der Waals surface area (Å²) in [7, 11) is 0. The first kappa shape index (κ1) is 17.7. The number of ether oxygens (including phenoxy) is 1. The van der Waals surface area contributed by atoms with E-state index in [4.69, 9.17) is 4.74 Å². The van der Waals surface area contributed by atoms with E-state index in [1.807, 2.05) is 0 Å². The van der Waals surface area contributed by atoms with E-state index in [-0.39, 0.29) is 11.5 Å². The van der Waals surface area contributed by atoms with Crippen molar-refractivity contribution in [3.63, 3.8) is 0 Å². The number of amides is 1. The molecule has 3 nitrogen and oxygen atoms in total. The molecule has 1 aromatic rings. The van der Waals surface area contributed by atoms with Gasteiger partial charge < -0.3 is 9.64 Å². The lowest BCUT2D eigenvalue weighted by molar-refractivity contribution is -0.143. The van der Waals surface area contributed by atoms with E-state index in [0.717, 1.165) is 75.1 Å². The lowest BCUT2D eigenvalue weighted by Crippen LogP contribution is -2.55. The van der Waals surface area contributed by atoms with Gasteiger partial charge in [0.2, 0.25) is 5.91 Å². The van der Waals surface area contributed by atoms with Gasteiger partial charge in [0.05, 0.1) is 11.5 Å². The van der Waals surface area contributed by atoms with Crippen LogP contribution in [0, 0.1) is 23.2 Å². The molecule has 0 saturated heterocycles. The number of hydrogen-bond acceptors (Lipinski definition) is 2. The molecule has 1 heterocycles. The van der Waals surface area contributed by atoms with E-state index in [1.165, 1.54) is 24.8 Å². The number of unbranched alkanes of at least 4 members (excludes halogenated alkanes) is 1. The van der Waals surface area contributed by atoms with E-state index in [0.29, 0.717) is 5.91 Å². The van der Waals surface area contributed by atoms with Gasteiger partial charge in [0.1, 0.15) is 0 Å². The van der Waals surface area contributed by atoms with Crippen molar-refractivity contribution in [2.75, 3.05) is 18.1 Å². The first-order valence-corrected chi connectivity index (χ1v) is 11.2. The Bertz CT molecular complexity index is 677. The van der Waals surface area contributed by atoms with E-state index >= 15 is 0 Å². The Morgan fingerprint density at radius 2 is 1.78 bits per heavy atom. The van der Waals surface area contributed by atoms with Crippen LogP contribution in [-0.2, 0) is 9.53 Å². The van der Waals surface area contributed by atoms with Crippen LogP contribution >= 0.6 is 0 Å². The molecule has 1 unspecified atom stereocenters. The molecule has 4 bridgehead atoms. The van der Waals surface area contributed by atoms with Crippen LogP contribution < -0.4 is 4.90 Å². The van der Waals surface area contributed by atoms with E-state index in [9.17, 15) is 4.79 Å². The molecule has 1 atom stereocenters. The van der Waals surface area contributed by atoms with Crippen molar-refractivity contribution >= 4 is 11.6 Å². The molecule has 3 heteroatoms. The summed E-state index contributed by atoms with van der Waals surface area (Å²) in [6.45, 7) is 3.83. The van der Waals surface area contributed by atoms with Crippen molar-refractivity contribution in [3.05, 3.63) is 29.8 Å². The quantitative estimate of drug-likeness (QED) is 0.643. The number of benzene rings is 1. The van der Waals surface area contributed by atoms with Crippen LogP contribution in [0.1, 0.15) is 76.4 Å². The monoisotopic (exact) mass is 367 g/mol. The van der Waals surface area contributed by atoms with Gasteiger partial charge in [-0.1, -0.05) is 31.5 Å². The maximum Gasteiger partial charge on any atom is 0.233 e. The number of anilines is 1. The molecule has 1 aromatic carbocycles. The Morgan fingerprint density at radius 1 is 1.11 bits per heavy atom. The number of rotatable bonds is 5. The van der Waals surface area contributed by atoms with Crippen molar-refractivity contribution in [1.29, 1.82) is 0 Å². The Labute approximate surface area is 163 Å². The zero-order valence-electron chi connectivity index (χ0n) is 16.7. The van der Waals surface area contributed by atoms with Crippen LogP contribution in [0.25, 0.3) is 0 Å². The largest absolute Gasteiger partial charge is 0.373 e. The third kappa shape index (κ3) is 3.03. The van der Waals surface area contributed by atoms with Gasteiger partial charge in [0.15, 0.2) is 0 Å². The molecular formula is C24H33NO2. The summed E-state index contributed by atoms with van der Waals surface area (Å²) in [4.78, 5) is 16.0. The van der Waals surface area contributed by atoms with Crippen LogP contribution in [0.2, 0.25) is 0 Å². The van der Waals surface area contributed by atoms with E-state index in [1.54, 1.807) is 0 Å². The number of carbonyl (C=O) groups excluding carboxylic acids is 1. The second kappa shape index (κ2) is 6.92. The van der Waals surface area contributed by atoms with Gasteiger partial charge in [-0.05, 0) is 75.2 Å². The standard InChI is InChI=1S/C24H33NO2/c1-2-3-10-27-22-8-9-25(21-7-5-4-6-20(21)22)23(26)24-14-17-11-18(15-24)13-19(12-17)16-24/h4-7,17-19,22H,2-3,8-16H2,1H3. The Hall–Kier alpha value is -1.35. The smallest absolute Gasteiger partial charge is 0.233 e. The van der Waals surface area contributed by atoms with Gasteiger partial charge in [-0.15, -0.1) is 0 Å². The summed E-state index contributed by atoms with van der Waals surface area (Å²) in [5.41, 5.74) is 2.28. The number of nitrogens with zero attached hydrogens (tertiary/aromatic N) is 1. The first-order valence-electron chi connectivity index (χ1n) is 11.2. The Morgan fingerprint density at radius 3 is 2.44 bits per heavy atom. The molecule has 0 spiro atoms. The highest BCUT2D eigenvalue weighted by Crippen LogP contribution is 2.61. The minimum absolute atomic E-state index is 0.0578. The predicted octanol–water partition coefficient (Wildman–Crippen LogP) is 5.50. The van der Waals surface area contributed by atoms with E-state index < -0.39 is 0 Å². The van der Waals surface area contributed by atoms with Gasteiger partial charge in [0, 0.05) is 24.4 Å². The summed E-state index contributed by atoms with van der Waals surface area (Å²) in [6.07, 6.45) is 10.9. The summed E-state index contributed by atoms with van der Waals surface area (Å²) >= 11 is 0. The minimum Gasteiger partial charge on any atom is -0.373 e. The van der Waals surface area contributed by atoms with Crippen molar-refractivity contribution in [3.8, 4) is 0 Å². The molecule has 4 aliphatic carbocycles. The molecule has 0 aromatic heterocycles. The molecule has 27 heavy (non-hydrogen) atoms. The maximum absolute atomic E-state index is 13.9. The van der Waals surface area contributed by atoms with Gasteiger partial charge in [-0.25, -0.2) is 0 Å². The molecule has 1 aliphatic heterocycles. The van der Waals surface area contributed by atoms with Crippen LogP contribution in [0.15, 0.2) is 24.3 Å². The maximum atomic E-state index is 13.9. The van der Waals surface area contributed by atoms with Crippen LogP contribution in [-0.4, -0.2) is 19.1 Å². The number of hydrogen-bond donors (Lipinski definition) is 0. The fourth-order valence-corrected chi connectivity index (χ4v) is 6.94. The van der Waals surface area contributed by atoms with Crippen LogP contribution in [0.4, 0.5) is 5.69 Å². The topological polar surface area (TPSA) is 29.5 Å². The van der Waals surface area contributed by atoms with Gasteiger partial charge >= 0.3 is 0 Å². The van der Waals surface area contributed by atoms with Crippen molar-refractivity contribution in [2.45, 2.75) is 70.8 Å². The SMILES string of the molecule is CCCCOC1CCN(C(=O)C23CC4CC(CC(C4)C2)C3)c2ccccc21. The van der Waals surface area contributed by atoms with Crippen LogP contribution in [0.5, 0.6) is 0 Å². The second-order valence-electron chi connectivity index (χ2n) is 9.72. The van der Waals surface area contributed by atoms with E-state index in [2.05, 4.69) is 36.1 Å². The minimum atomic E-state index is -0.0578. The molecule has 5 aliphatic rings. The van der Waals surface area contributed by atoms with Crippen molar-refractivity contribution in [1.82, 2.24) is 0 Å². The van der Waals surface area contributed by atoms with Crippen molar-refractivity contribution in [2.24, 2.45) is 23.2 Å². The molecular weight excluding hydrogens is 334 g/mol. The highest BCUT2D eigenvalue weighted by atomic mass is 16.5. The fourth-order valence-electron chi connectivity index (χ4n) is 6.94. The van der Waals surface area contributed by atoms with Crippen LogP contribution in [0.3, 0.4) is 0 Å². The zero-order chi connectivity index (χ0) is 18.4. The Balaban J connectivity index is 1.40. The lowest BCUT2D eigenvalue weighted by atomic mass is 9.49. The molecule has 1 amide bonds. The third-order valence-electron chi connectivity index (χ3n) is 7.74. The van der Waals surface area contributed by atoms with Crippen molar-refractivity contribution < 1.29 is 9.53 Å². The van der Waals surface area contributed by atoms with Gasteiger partial charge in [-0.2, -0.15) is 0 Å². The number of para-hydroxylation sites is 1. The summed E-state index contributed by atoms with van der Waals surface area (Å²) in [5, 5.41) is 0. The second-order valence-corrected chi connectivity index (χ2v) is 9.72. The molecule has 146 valence electrons. The zero-order valence-corrected chi connectivity index (χ0v) is 16.7. The number of fused-ring (bicyclic) bond motifs is 1. The Kier molecular flexibility index (Phi) is 4.54. The normalized spacial score (nSPS) is 36.7. The highest BCUT2D eigenvalue weighted by molar-refractivity contribution is 5.99. The average molecular weight is 368 g/mol. The molecule has 4 saturated carbocycles. The van der Waals surface area contributed by atoms with Gasteiger partial charge in [0.25, 0.3) is 0 Å². The fraction of sp³-hybridized carbons (Fsp3) is 0.708. The molecule has 6 rings (SSSR count). The van der Waals surface area contributed by atoms with Gasteiger partial charge in [-0.3, -0.25) is 4.79 Å². The first-order chi connectivity index (χ1) is 13.2. The lowest BCUT2D eigenvalue weighted by Gasteiger charge is -2.57. The summed E-state index contributed by atoms with van der Waals surface area (Å²) < 4.78 is 6.19. The molecule has 0 N–H and O–H groups in total. The predicted molar refractivity (Wildman–Crippen MR) is 108 cm³/mol.